The predicted octanol–water partition coefficient (Wildman–Crippen LogP) is 2.17. The Kier molecular flexibility index (Phi) is 6.16. The van der Waals surface area contributed by atoms with Gasteiger partial charge in [0.2, 0.25) is 11.9 Å². The molecule has 1 aromatic heterocycles. The van der Waals surface area contributed by atoms with Gasteiger partial charge in [0.1, 0.15) is 5.82 Å². The lowest BCUT2D eigenvalue weighted by atomic mass is 10.1. The molecular formula is C21H26ClN5O2. The largest absolute Gasteiger partial charge is 0.378 e. The maximum absolute atomic E-state index is 12.6. The average Bonchev–Trinajstić information content (AvgIpc) is 2.75. The quantitative estimate of drug-likeness (QED) is 0.762. The number of hydrogen-bond donors (Lipinski definition) is 0. The summed E-state index contributed by atoms with van der Waals surface area (Å²) >= 11 is 5.92. The van der Waals surface area contributed by atoms with Crippen molar-refractivity contribution >= 4 is 29.3 Å². The normalized spacial score (nSPS) is 17.5. The van der Waals surface area contributed by atoms with Crippen LogP contribution in [0.25, 0.3) is 0 Å². The van der Waals surface area contributed by atoms with Crippen LogP contribution in [0.15, 0.2) is 30.3 Å². The van der Waals surface area contributed by atoms with Gasteiger partial charge in [0.15, 0.2) is 0 Å². The zero-order valence-electron chi connectivity index (χ0n) is 16.7. The van der Waals surface area contributed by atoms with Crippen molar-refractivity contribution in [2.45, 2.75) is 13.3 Å². The van der Waals surface area contributed by atoms with Gasteiger partial charge < -0.3 is 19.4 Å². The van der Waals surface area contributed by atoms with E-state index in [1.807, 2.05) is 42.2 Å². The number of nitrogens with zero attached hydrogens (tertiary/aromatic N) is 5. The number of amides is 1. The molecule has 7 nitrogen and oxygen atoms in total. The summed E-state index contributed by atoms with van der Waals surface area (Å²) in [4.78, 5) is 28.4. The number of benzene rings is 1. The summed E-state index contributed by atoms with van der Waals surface area (Å²) in [6, 6.07) is 9.49. The fourth-order valence-corrected chi connectivity index (χ4v) is 3.80. The number of carbonyl (C=O) groups excluding carboxylic acids is 1. The number of aryl methyl sites for hydroxylation is 1. The van der Waals surface area contributed by atoms with Gasteiger partial charge in [-0.05, 0) is 24.6 Å². The molecule has 0 bridgehead atoms. The summed E-state index contributed by atoms with van der Waals surface area (Å²) in [5.41, 5.74) is 1.95. The number of rotatable bonds is 4. The molecule has 4 rings (SSSR count). The lowest BCUT2D eigenvalue weighted by Gasteiger charge is -2.36. The van der Waals surface area contributed by atoms with Crippen LogP contribution in [-0.4, -0.2) is 73.3 Å². The number of ether oxygens (including phenoxy) is 1. The monoisotopic (exact) mass is 415 g/mol. The van der Waals surface area contributed by atoms with Crippen molar-refractivity contribution in [3.8, 4) is 0 Å². The number of carbonyl (C=O) groups is 1. The average molecular weight is 416 g/mol. The molecule has 2 saturated heterocycles. The predicted molar refractivity (Wildman–Crippen MR) is 114 cm³/mol. The van der Waals surface area contributed by atoms with Gasteiger partial charge in [-0.1, -0.05) is 23.7 Å². The standard InChI is InChI=1S/C21H26ClN5O2/c1-16-14-19(24-21(23-16)27-10-12-29-13-11-27)25-6-8-26(9-7-25)20(28)15-17-2-4-18(22)5-3-17/h2-5,14H,6-13,15H2,1H3. The highest BCUT2D eigenvalue weighted by Gasteiger charge is 2.23. The van der Waals surface area contributed by atoms with Gasteiger partial charge in [-0.25, -0.2) is 4.98 Å². The summed E-state index contributed by atoms with van der Waals surface area (Å²) in [6.45, 7) is 7.98. The first kappa shape index (κ1) is 19.9. The smallest absolute Gasteiger partial charge is 0.227 e. The molecule has 0 N–H and O–H groups in total. The van der Waals surface area contributed by atoms with Crippen molar-refractivity contribution in [3.05, 3.63) is 46.6 Å². The molecule has 0 radical (unpaired) electrons. The zero-order chi connectivity index (χ0) is 20.2. The number of hydrogen-bond acceptors (Lipinski definition) is 6. The van der Waals surface area contributed by atoms with Crippen LogP contribution in [0.2, 0.25) is 5.02 Å². The Balaban J connectivity index is 1.37. The summed E-state index contributed by atoms with van der Waals surface area (Å²) in [5, 5.41) is 0.686. The lowest BCUT2D eigenvalue weighted by Crippen LogP contribution is -2.49. The molecule has 1 aromatic carbocycles. The molecular weight excluding hydrogens is 390 g/mol. The Morgan fingerprint density at radius 2 is 1.69 bits per heavy atom. The number of piperazine rings is 1. The van der Waals surface area contributed by atoms with Crippen LogP contribution < -0.4 is 9.80 Å². The molecule has 2 aliphatic rings. The fraction of sp³-hybridized carbons (Fsp3) is 0.476. The Labute approximate surface area is 176 Å². The van der Waals surface area contributed by atoms with Gasteiger partial charge in [-0.15, -0.1) is 0 Å². The minimum absolute atomic E-state index is 0.153. The van der Waals surface area contributed by atoms with Crippen LogP contribution in [0.5, 0.6) is 0 Å². The molecule has 2 fully saturated rings. The highest BCUT2D eigenvalue weighted by Crippen LogP contribution is 2.20. The van der Waals surface area contributed by atoms with Crippen molar-refractivity contribution in [1.29, 1.82) is 0 Å². The summed E-state index contributed by atoms with van der Waals surface area (Å²) in [5.74, 6) is 1.85. The van der Waals surface area contributed by atoms with Gasteiger partial charge in [-0.3, -0.25) is 4.79 Å². The van der Waals surface area contributed by atoms with Crippen LogP contribution in [0.3, 0.4) is 0 Å². The van der Waals surface area contributed by atoms with Crippen LogP contribution in [0, 0.1) is 6.92 Å². The van der Waals surface area contributed by atoms with Crippen LogP contribution in [-0.2, 0) is 16.0 Å². The van der Waals surface area contributed by atoms with E-state index in [-0.39, 0.29) is 5.91 Å². The number of halogens is 1. The van der Waals surface area contributed by atoms with Crippen LogP contribution >= 0.6 is 11.6 Å². The molecule has 8 heteroatoms. The Bertz CT molecular complexity index is 847. The molecule has 0 unspecified atom stereocenters. The Morgan fingerprint density at radius 3 is 2.38 bits per heavy atom. The second-order valence-corrected chi connectivity index (χ2v) is 7.87. The second kappa shape index (κ2) is 8.97. The molecule has 0 spiro atoms. The second-order valence-electron chi connectivity index (χ2n) is 7.44. The van der Waals surface area contributed by atoms with Gasteiger partial charge in [0, 0.05) is 56.1 Å². The Hall–Kier alpha value is -2.38. The van der Waals surface area contributed by atoms with E-state index in [0.29, 0.717) is 37.7 Å². The molecule has 29 heavy (non-hydrogen) atoms. The van der Waals surface area contributed by atoms with E-state index in [9.17, 15) is 4.79 Å². The SMILES string of the molecule is Cc1cc(N2CCN(C(=O)Cc3ccc(Cl)cc3)CC2)nc(N2CCOCC2)n1. The molecule has 2 aromatic rings. The highest BCUT2D eigenvalue weighted by molar-refractivity contribution is 6.30. The first-order valence-corrected chi connectivity index (χ1v) is 10.4. The molecule has 154 valence electrons. The summed E-state index contributed by atoms with van der Waals surface area (Å²) < 4.78 is 5.43. The summed E-state index contributed by atoms with van der Waals surface area (Å²) in [7, 11) is 0. The van der Waals surface area contributed by atoms with Crippen LogP contribution in [0.1, 0.15) is 11.3 Å². The molecule has 0 aliphatic carbocycles. The van der Waals surface area contributed by atoms with E-state index >= 15 is 0 Å². The third-order valence-corrected chi connectivity index (χ3v) is 5.60. The summed E-state index contributed by atoms with van der Waals surface area (Å²) in [6.07, 6.45) is 0.408. The number of anilines is 2. The lowest BCUT2D eigenvalue weighted by molar-refractivity contribution is -0.130. The van der Waals surface area contributed by atoms with Gasteiger partial charge in [-0.2, -0.15) is 4.98 Å². The van der Waals surface area contributed by atoms with Crippen molar-refractivity contribution < 1.29 is 9.53 Å². The Morgan fingerprint density at radius 1 is 1.00 bits per heavy atom. The minimum atomic E-state index is 0.153. The number of morpholine rings is 1. The highest BCUT2D eigenvalue weighted by atomic mass is 35.5. The molecule has 3 heterocycles. The van der Waals surface area contributed by atoms with Gasteiger partial charge in [0.25, 0.3) is 0 Å². The van der Waals surface area contributed by atoms with E-state index in [1.54, 1.807) is 0 Å². The third kappa shape index (κ3) is 4.97. The maximum atomic E-state index is 12.6. The molecule has 1 amide bonds. The van der Waals surface area contributed by atoms with E-state index in [0.717, 1.165) is 49.2 Å². The zero-order valence-corrected chi connectivity index (χ0v) is 17.4. The van der Waals surface area contributed by atoms with Crippen molar-refractivity contribution in [2.24, 2.45) is 0 Å². The van der Waals surface area contributed by atoms with E-state index in [1.165, 1.54) is 0 Å². The molecule has 2 aliphatic heterocycles. The van der Waals surface area contributed by atoms with Crippen LogP contribution in [0.4, 0.5) is 11.8 Å². The van der Waals surface area contributed by atoms with Gasteiger partial charge >= 0.3 is 0 Å². The first-order chi connectivity index (χ1) is 14.1. The maximum Gasteiger partial charge on any atom is 0.227 e. The molecule has 0 atom stereocenters. The minimum Gasteiger partial charge on any atom is -0.378 e. The van der Waals surface area contributed by atoms with Crippen molar-refractivity contribution in [3.63, 3.8) is 0 Å². The topological polar surface area (TPSA) is 61.8 Å². The van der Waals surface area contributed by atoms with E-state index < -0.39 is 0 Å². The van der Waals surface area contributed by atoms with Crippen molar-refractivity contribution in [1.82, 2.24) is 14.9 Å². The first-order valence-electron chi connectivity index (χ1n) is 10.0. The van der Waals surface area contributed by atoms with Gasteiger partial charge in [0.05, 0.1) is 19.6 Å². The van der Waals surface area contributed by atoms with Crippen molar-refractivity contribution in [2.75, 3.05) is 62.3 Å². The fourth-order valence-electron chi connectivity index (χ4n) is 3.68. The third-order valence-electron chi connectivity index (χ3n) is 5.35. The molecule has 0 saturated carbocycles. The van der Waals surface area contributed by atoms with E-state index in [2.05, 4.69) is 14.8 Å². The van der Waals surface area contributed by atoms with E-state index in [4.69, 9.17) is 21.3 Å². The number of aromatic nitrogens is 2.